The van der Waals surface area contributed by atoms with E-state index in [0.29, 0.717) is 24.2 Å². The molecule has 3 aliphatic rings. The van der Waals surface area contributed by atoms with E-state index in [-0.39, 0.29) is 5.92 Å². The van der Waals surface area contributed by atoms with Crippen molar-refractivity contribution in [3.8, 4) is 0 Å². The second-order valence-electron chi connectivity index (χ2n) is 8.13. The summed E-state index contributed by atoms with van der Waals surface area (Å²) in [5.41, 5.74) is 0.306. The minimum atomic E-state index is -1.41. The molecule has 2 atom stereocenters. The molecule has 0 aromatic rings. The zero-order chi connectivity index (χ0) is 16.4. The number of ether oxygens (including phenoxy) is 1. The largest absolute Gasteiger partial charge is 0.407 e. The van der Waals surface area contributed by atoms with Crippen LogP contribution in [0.4, 0.5) is 0 Å². The lowest BCUT2D eigenvalue weighted by Gasteiger charge is -2.55. The van der Waals surface area contributed by atoms with Gasteiger partial charge in [-0.3, -0.25) is 0 Å². The molecule has 0 spiro atoms. The number of likely N-dealkylation sites (tertiary alicyclic amines) is 1. The van der Waals surface area contributed by atoms with Gasteiger partial charge in [-0.2, -0.15) is 0 Å². The Kier molecular flexibility index (Phi) is 4.01. The lowest BCUT2D eigenvalue weighted by Crippen LogP contribution is -2.63. The van der Waals surface area contributed by atoms with Gasteiger partial charge in [0.2, 0.25) is 0 Å². The van der Waals surface area contributed by atoms with Gasteiger partial charge in [-0.15, -0.1) is 0 Å². The summed E-state index contributed by atoms with van der Waals surface area (Å²) in [7, 11) is 36.7. The first kappa shape index (κ1) is 17.1. The number of rotatable bonds is 2. The van der Waals surface area contributed by atoms with Crippen LogP contribution in [0, 0.1) is 17.3 Å². The van der Waals surface area contributed by atoms with Crippen LogP contribution in [0.2, 0.25) is 0 Å². The van der Waals surface area contributed by atoms with Crippen LogP contribution in [-0.4, -0.2) is 81.2 Å². The first-order chi connectivity index (χ1) is 9.94. The Labute approximate surface area is 142 Å². The molecule has 1 aliphatic carbocycles. The molecule has 3 fully saturated rings. The van der Waals surface area contributed by atoms with Gasteiger partial charge in [0.05, 0.1) is 47.1 Å². The summed E-state index contributed by atoms with van der Waals surface area (Å²) in [5, 5.41) is -3.85. The number of hydrogen-bond donors (Lipinski definition) is 0. The SMILES string of the molecule is [B]C1([B])CC(C([B])([B])N2CC3CCC[C@]3(C)C2)CC([B])([B])O1. The standard InChI is InChI=1S/C14H19B6NO/c1-11-4-2-3-9(11)7-21(8-11)14(19,20)10-5-12(15,16)22-13(17,18)6-10/h9-10H,2-8H2,1H3/t9?,11-/m1/s1. The Morgan fingerprint density at radius 3 is 2.23 bits per heavy atom. The third kappa shape index (κ3) is 2.99. The van der Waals surface area contributed by atoms with Crippen LogP contribution in [0.15, 0.2) is 0 Å². The Morgan fingerprint density at radius 1 is 1.09 bits per heavy atom. The number of nitrogens with zero attached hydrogens (tertiary/aromatic N) is 1. The lowest BCUT2D eigenvalue weighted by atomic mass is 9.43. The van der Waals surface area contributed by atoms with Crippen molar-refractivity contribution in [3.63, 3.8) is 0 Å². The van der Waals surface area contributed by atoms with Gasteiger partial charge in [0, 0.05) is 13.1 Å². The fraction of sp³-hybridized carbons (Fsp3) is 1.00. The van der Waals surface area contributed by atoms with Gasteiger partial charge in [-0.1, -0.05) is 18.7 Å². The van der Waals surface area contributed by atoms with Crippen molar-refractivity contribution in [1.29, 1.82) is 0 Å². The van der Waals surface area contributed by atoms with Crippen molar-refractivity contribution in [2.24, 2.45) is 17.3 Å². The predicted molar refractivity (Wildman–Crippen MR) is 93.5 cm³/mol. The highest BCUT2D eigenvalue weighted by molar-refractivity contribution is 6.44. The van der Waals surface area contributed by atoms with Crippen molar-refractivity contribution < 1.29 is 4.74 Å². The molecule has 2 heterocycles. The molecule has 0 aromatic carbocycles. The van der Waals surface area contributed by atoms with Crippen LogP contribution in [0.25, 0.3) is 0 Å². The summed E-state index contributed by atoms with van der Waals surface area (Å²) in [6.45, 7) is 4.13. The molecule has 2 aliphatic heterocycles. The molecule has 2 saturated heterocycles. The third-order valence-electron chi connectivity index (χ3n) is 5.99. The molecule has 0 aromatic heterocycles. The molecule has 0 N–H and O–H groups in total. The van der Waals surface area contributed by atoms with E-state index in [2.05, 4.69) is 11.8 Å². The van der Waals surface area contributed by atoms with Crippen molar-refractivity contribution in [1.82, 2.24) is 4.90 Å². The van der Waals surface area contributed by atoms with E-state index >= 15 is 0 Å². The molecule has 104 valence electrons. The third-order valence-corrected chi connectivity index (χ3v) is 5.99. The van der Waals surface area contributed by atoms with Crippen LogP contribution < -0.4 is 0 Å². The zero-order valence-electron chi connectivity index (χ0n) is 13.4. The average molecular weight is 282 g/mol. The first-order valence-electron chi connectivity index (χ1n) is 8.12. The monoisotopic (exact) mass is 283 g/mol. The molecular weight excluding hydrogens is 263 g/mol. The summed E-state index contributed by atoms with van der Waals surface area (Å²) >= 11 is 0. The second-order valence-corrected chi connectivity index (χ2v) is 8.13. The summed E-state index contributed by atoms with van der Waals surface area (Å²) in [4.78, 5) is 2.17. The molecule has 0 amide bonds. The molecule has 8 heteroatoms. The minimum Gasteiger partial charge on any atom is -0.407 e. The molecule has 0 bridgehead atoms. The molecular formula is C14H19B6NO. The van der Waals surface area contributed by atoms with E-state index in [1.807, 2.05) is 0 Å². The summed E-state index contributed by atoms with van der Waals surface area (Å²) in [6.07, 6.45) is 4.42. The minimum absolute atomic E-state index is 0.228. The van der Waals surface area contributed by atoms with E-state index in [4.69, 9.17) is 51.8 Å². The van der Waals surface area contributed by atoms with Gasteiger partial charge < -0.3 is 9.64 Å². The smallest absolute Gasteiger partial charge is 0.0992 e. The summed E-state index contributed by atoms with van der Waals surface area (Å²) in [5.74, 6) is 0.425. The first-order valence-corrected chi connectivity index (χ1v) is 8.12. The van der Waals surface area contributed by atoms with E-state index in [9.17, 15) is 0 Å². The van der Waals surface area contributed by atoms with E-state index < -0.39 is 16.1 Å². The normalized spacial score (nSPS) is 38.9. The molecule has 1 saturated carbocycles. The van der Waals surface area contributed by atoms with Crippen molar-refractivity contribution in [3.05, 3.63) is 0 Å². The van der Waals surface area contributed by atoms with Crippen molar-refractivity contribution >= 4 is 47.1 Å². The van der Waals surface area contributed by atoms with Crippen molar-refractivity contribution in [2.45, 2.75) is 55.2 Å². The Hall–Kier alpha value is 0.310. The molecule has 22 heavy (non-hydrogen) atoms. The molecule has 3 rings (SSSR count). The molecule has 12 radical (unpaired) electrons. The average Bonchev–Trinajstić information content (AvgIpc) is 2.79. The molecule has 1 unspecified atom stereocenters. The Morgan fingerprint density at radius 2 is 1.68 bits per heavy atom. The van der Waals surface area contributed by atoms with E-state index in [1.54, 1.807) is 0 Å². The van der Waals surface area contributed by atoms with Gasteiger partial charge >= 0.3 is 0 Å². The number of hydrogen-bond acceptors (Lipinski definition) is 2. The highest BCUT2D eigenvalue weighted by atomic mass is 16.5. The van der Waals surface area contributed by atoms with E-state index in [1.165, 1.54) is 19.3 Å². The lowest BCUT2D eigenvalue weighted by molar-refractivity contribution is -0.0528. The quantitative estimate of drug-likeness (QED) is 0.634. The Bertz CT molecular complexity index is 441. The highest BCUT2D eigenvalue weighted by Crippen LogP contribution is 2.51. The highest BCUT2D eigenvalue weighted by Gasteiger charge is 2.52. The van der Waals surface area contributed by atoms with Gasteiger partial charge in [0.1, 0.15) is 0 Å². The van der Waals surface area contributed by atoms with Crippen LogP contribution in [0.1, 0.15) is 39.0 Å². The predicted octanol–water partition coefficient (Wildman–Crippen LogP) is -0.493. The van der Waals surface area contributed by atoms with Gasteiger partial charge in [0.15, 0.2) is 0 Å². The van der Waals surface area contributed by atoms with Gasteiger partial charge in [0.25, 0.3) is 0 Å². The van der Waals surface area contributed by atoms with Gasteiger partial charge in [-0.05, 0) is 53.7 Å². The maximum absolute atomic E-state index is 6.53. The van der Waals surface area contributed by atoms with Crippen LogP contribution in [-0.2, 0) is 4.74 Å². The van der Waals surface area contributed by atoms with Crippen LogP contribution in [0.5, 0.6) is 0 Å². The molecule has 2 nitrogen and oxygen atoms in total. The zero-order valence-corrected chi connectivity index (χ0v) is 13.4. The summed E-state index contributed by atoms with van der Waals surface area (Å²) < 4.78 is 5.33. The topological polar surface area (TPSA) is 12.5 Å². The maximum atomic E-state index is 6.53. The maximum Gasteiger partial charge on any atom is 0.0992 e. The van der Waals surface area contributed by atoms with Crippen LogP contribution in [0.3, 0.4) is 0 Å². The van der Waals surface area contributed by atoms with Gasteiger partial charge in [-0.25, -0.2) is 0 Å². The van der Waals surface area contributed by atoms with E-state index in [0.717, 1.165) is 13.1 Å². The fourth-order valence-corrected chi connectivity index (χ4v) is 4.75. The number of fused-ring (bicyclic) bond motifs is 1. The Balaban J connectivity index is 1.78. The second kappa shape index (κ2) is 5.15. The van der Waals surface area contributed by atoms with Crippen molar-refractivity contribution in [2.75, 3.05) is 13.1 Å². The summed E-state index contributed by atoms with van der Waals surface area (Å²) in [6, 6.07) is 0. The van der Waals surface area contributed by atoms with Crippen LogP contribution >= 0.6 is 0 Å². The fourth-order valence-electron chi connectivity index (χ4n) is 4.75.